The first-order valence-electron chi connectivity index (χ1n) is 34.8. The first-order valence-corrected chi connectivity index (χ1v) is 34.8. The van der Waals surface area contributed by atoms with E-state index >= 15 is 0 Å². The molecular formula is C91H88BN3O. The average molecular weight is 1250 g/mol. The van der Waals surface area contributed by atoms with Crippen LogP contribution in [0.25, 0.3) is 66.8 Å². The van der Waals surface area contributed by atoms with Crippen LogP contribution in [0.4, 0.5) is 45.5 Å². The van der Waals surface area contributed by atoms with E-state index in [2.05, 4.69) is 357 Å². The molecule has 0 saturated carbocycles. The van der Waals surface area contributed by atoms with Crippen molar-refractivity contribution in [1.29, 1.82) is 0 Å². The number of anilines is 8. The average Bonchev–Trinajstić information content (AvgIpc) is 1.35. The lowest BCUT2D eigenvalue weighted by molar-refractivity contribution is 0.589. The predicted molar refractivity (Wildman–Crippen MR) is 410 cm³/mol. The summed E-state index contributed by atoms with van der Waals surface area (Å²) in [7, 11) is 0. The van der Waals surface area contributed by atoms with Crippen molar-refractivity contribution in [2.45, 2.75) is 150 Å². The fraction of sp³-hybridized carbons (Fsp3) is 0.253. The molecule has 12 aromatic rings. The highest BCUT2D eigenvalue weighted by molar-refractivity contribution is 6.94. The van der Waals surface area contributed by atoms with E-state index in [-0.39, 0.29) is 39.3 Å². The molecule has 1 aromatic heterocycles. The van der Waals surface area contributed by atoms with Crippen molar-refractivity contribution in [3.8, 4) is 55.8 Å². The van der Waals surface area contributed by atoms with Crippen molar-refractivity contribution >= 4 is 74.2 Å². The fourth-order valence-electron chi connectivity index (χ4n) is 16.6. The first-order chi connectivity index (χ1) is 45.6. The standard InChI is InChI=1S/C91H88BN3O/c1-55-48-61(89(11,12)13)38-47-77(55)94-79-52-72-80(96-85(57-28-22-19-23-29-57)81(72)56-26-20-18-21-27-56)54-76(79)92-83-71(51-70-66-30-24-25-31-73(66)91(16,17)82(70)84(83)94)69-50-68-67-46-45-65(93(62-39-32-58(33-40-62)86(2,3)4)63-41-34-59(35-42-63)87(5,6)7)49-74(67)90(14,15)75(68)53-78(69)95(92)64-43-36-60(37-44-64)88(8,9)10/h18-54H,1-17H3. The molecule has 4 nitrogen and oxygen atoms in total. The number of nitrogens with zero attached hydrogens (tertiary/aromatic N) is 3. The van der Waals surface area contributed by atoms with E-state index in [9.17, 15) is 0 Å². The Balaban J connectivity index is 1.00. The van der Waals surface area contributed by atoms with Gasteiger partial charge in [-0.2, -0.15) is 0 Å². The Morgan fingerprint density at radius 1 is 0.396 bits per heavy atom. The second kappa shape index (κ2) is 21.2. The van der Waals surface area contributed by atoms with Gasteiger partial charge in [-0.25, -0.2) is 0 Å². The van der Waals surface area contributed by atoms with Crippen LogP contribution in [-0.2, 0) is 32.5 Å². The van der Waals surface area contributed by atoms with Crippen molar-refractivity contribution in [3.63, 3.8) is 0 Å². The van der Waals surface area contributed by atoms with Crippen molar-refractivity contribution in [2.75, 3.05) is 14.6 Å². The Morgan fingerprint density at radius 3 is 1.51 bits per heavy atom. The number of furan rings is 1. The van der Waals surface area contributed by atoms with Crippen LogP contribution in [-0.4, -0.2) is 6.85 Å². The molecule has 0 spiro atoms. The van der Waals surface area contributed by atoms with Gasteiger partial charge in [0.1, 0.15) is 11.3 Å². The molecule has 0 radical (unpaired) electrons. The summed E-state index contributed by atoms with van der Waals surface area (Å²) in [6.45, 7) is 39.6. The summed E-state index contributed by atoms with van der Waals surface area (Å²) in [5.41, 5.74) is 34.7. The Hall–Kier alpha value is -9.58. The summed E-state index contributed by atoms with van der Waals surface area (Å²) in [6.07, 6.45) is 0. The molecule has 2 aliphatic heterocycles. The highest BCUT2D eigenvalue weighted by Crippen LogP contribution is 2.61. The summed E-state index contributed by atoms with van der Waals surface area (Å²) >= 11 is 0. The zero-order chi connectivity index (χ0) is 67.1. The molecule has 0 atom stereocenters. The molecule has 2 aliphatic carbocycles. The lowest BCUT2D eigenvalue weighted by atomic mass is 9.42. The molecule has 4 aliphatic rings. The van der Waals surface area contributed by atoms with E-state index in [1.165, 1.54) is 111 Å². The Bertz CT molecular complexity index is 5080. The lowest BCUT2D eigenvalue weighted by Gasteiger charge is -2.48. The van der Waals surface area contributed by atoms with E-state index in [0.717, 1.165) is 61.9 Å². The molecule has 0 saturated heterocycles. The Kier molecular flexibility index (Phi) is 13.5. The summed E-state index contributed by atoms with van der Waals surface area (Å²) in [5.74, 6) is 0.872. The third-order valence-electron chi connectivity index (χ3n) is 22.0. The fourth-order valence-corrected chi connectivity index (χ4v) is 16.6. The molecule has 476 valence electrons. The van der Waals surface area contributed by atoms with E-state index in [1.807, 2.05) is 0 Å². The van der Waals surface area contributed by atoms with Gasteiger partial charge < -0.3 is 19.0 Å². The summed E-state index contributed by atoms with van der Waals surface area (Å²) < 4.78 is 7.47. The van der Waals surface area contributed by atoms with Gasteiger partial charge in [0.05, 0.1) is 0 Å². The molecular weight excluding hydrogens is 1160 g/mol. The van der Waals surface area contributed by atoms with E-state index in [0.29, 0.717) is 0 Å². The van der Waals surface area contributed by atoms with E-state index < -0.39 is 0 Å². The number of hydrogen-bond acceptors (Lipinski definition) is 4. The quantitative estimate of drug-likeness (QED) is 0.148. The monoisotopic (exact) mass is 1250 g/mol. The number of fused-ring (bicyclic) bond motifs is 12. The van der Waals surface area contributed by atoms with Crippen LogP contribution >= 0.6 is 0 Å². The maximum atomic E-state index is 7.47. The molecule has 96 heavy (non-hydrogen) atoms. The predicted octanol–water partition coefficient (Wildman–Crippen LogP) is 24.1. The van der Waals surface area contributed by atoms with Gasteiger partial charge in [0.25, 0.3) is 0 Å². The molecule has 0 unspecified atom stereocenters. The zero-order valence-corrected chi connectivity index (χ0v) is 59.2. The van der Waals surface area contributed by atoms with Crippen molar-refractivity contribution < 1.29 is 4.42 Å². The van der Waals surface area contributed by atoms with Gasteiger partial charge in [0, 0.05) is 78.4 Å². The van der Waals surface area contributed by atoms with Crippen molar-refractivity contribution in [2.24, 2.45) is 0 Å². The number of benzene rings is 11. The van der Waals surface area contributed by atoms with Crippen molar-refractivity contribution in [3.05, 3.63) is 275 Å². The van der Waals surface area contributed by atoms with Crippen LogP contribution in [0.1, 0.15) is 161 Å². The second-order valence-electron chi connectivity index (χ2n) is 33.1. The van der Waals surface area contributed by atoms with Gasteiger partial charge in [-0.05, 0) is 208 Å². The molecule has 3 heterocycles. The molecule has 0 amide bonds. The van der Waals surface area contributed by atoms with Crippen LogP contribution in [0.15, 0.2) is 229 Å². The van der Waals surface area contributed by atoms with E-state index in [1.54, 1.807) is 0 Å². The summed E-state index contributed by atoms with van der Waals surface area (Å²) in [6, 6.07) is 86.3. The topological polar surface area (TPSA) is 22.9 Å². The largest absolute Gasteiger partial charge is 0.455 e. The second-order valence-corrected chi connectivity index (χ2v) is 33.1. The zero-order valence-electron chi connectivity index (χ0n) is 59.2. The molecule has 0 fully saturated rings. The third kappa shape index (κ3) is 9.44. The van der Waals surface area contributed by atoms with Gasteiger partial charge >= 0.3 is 6.85 Å². The normalized spacial score (nSPS) is 14.8. The minimum absolute atomic E-state index is 0.0257. The Labute approximate surface area is 570 Å². The molecule has 11 aromatic carbocycles. The number of rotatable bonds is 7. The molecule has 5 heteroatoms. The molecule has 0 N–H and O–H groups in total. The van der Waals surface area contributed by atoms with Gasteiger partial charge in [-0.1, -0.05) is 250 Å². The van der Waals surface area contributed by atoms with Crippen molar-refractivity contribution in [1.82, 2.24) is 0 Å². The number of hydrogen-bond donors (Lipinski definition) is 0. The van der Waals surface area contributed by atoms with Crippen LogP contribution in [0.2, 0.25) is 0 Å². The maximum Gasteiger partial charge on any atom is 0.333 e. The van der Waals surface area contributed by atoms with Gasteiger partial charge in [0.2, 0.25) is 0 Å². The van der Waals surface area contributed by atoms with E-state index in [4.69, 9.17) is 4.42 Å². The third-order valence-corrected chi connectivity index (χ3v) is 22.0. The van der Waals surface area contributed by atoms with Gasteiger partial charge in [0.15, 0.2) is 0 Å². The van der Waals surface area contributed by atoms with Crippen LogP contribution in [0.3, 0.4) is 0 Å². The summed E-state index contributed by atoms with van der Waals surface area (Å²) in [5, 5.41) is 1.09. The smallest absolute Gasteiger partial charge is 0.333 e. The van der Waals surface area contributed by atoms with Crippen LogP contribution in [0, 0.1) is 6.92 Å². The maximum absolute atomic E-state index is 7.47. The van der Waals surface area contributed by atoms with Crippen LogP contribution in [0.5, 0.6) is 0 Å². The minimum Gasteiger partial charge on any atom is -0.455 e. The van der Waals surface area contributed by atoms with Gasteiger partial charge in [-0.3, -0.25) is 0 Å². The number of aryl methyl sites for hydroxylation is 1. The summed E-state index contributed by atoms with van der Waals surface area (Å²) in [4.78, 5) is 7.91. The van der Waals surface area contributed by atoms with Gasteiger partial charge in [-0.15, -0.1) is 0 Å². The highest BCUT2D eigenvalue weighted by Gasteiger charge is 2.52. The minimum atomic E-state index is -0.387. The molecule has 0 bridgehead atoms. The Morgan fingerprint density at radius 2 is 0.917 bits per heavy atom. The first kappa shape index (κ1) is 61.3. The van der Waals surface area contributed by atoms with Crippen LogP contribution < -0.4 is 25.5 Å². The molecule has 16 rings (SSSR count). The SMILES string of the molecule is Cc1cc(C(C)(C)C)ccc1N1c2cc3c(-c4ccccc4)c(-c4ccccc4)oc3cc2B2c3c(cc4c(c31)C(C)(C)c1ccccc1-4)-c1cc3c(cc1N2c1ccc(C(C)(C)C)cc1)C(C)(C)c1cc(N(c2ccc(C(C)(C)C)cc2)c2ccc(C(C)(C)C)cc2)ccc1-3. The highest BCUT2D eigenvalue weighted by atomic mass is 16.3. The lowest BCUT2D eigenvalue weighted by Crippen LogP contribution is -2.62.